The first-order valence-corrected chi connectivity index (χ1v) is 5.31. The van der Waals surface area contributed by atoms with Gasteiger partial charge in [0.1, 0.15) is 12.4 Å². The van der Waals surface area contributed by atoms with Crippen molar-refractivity contribution in [2.75, 3.05) is 13.1 Å². The quantitative estimate of drug-likeness (QED) is 0.641. The van der Waals surface area contributed by atoms with E-state index < -0.39 is 40.4 Å². The van der Waals surface area contributed by atoms with Crippen LogP contribution in [0.5, 0.6) is 0 Å². The van der Waals surface area contributed by atoms with E-state index in [-0.39, 0.29) is 6.54 Å². The number of halogens is 1. The molecule has 19 heavy (non-hydrogen) atoms. The first kappa shape index (κ1) is 14.6. The average molecular weight is 270 g/mol. The van der Waals surface area contributed by atoms with Gasteiger partial charge in [-0.2, -0.15) is 0 Å². The summed E-state index contributed by atoms with van der Waals surface area (Å²) in [5, 5.41) is 19.1. The zero-order valence-electron chi connectivity index (χ0n) is 10.00. The first-order chi connectivity index (χ1) is 8.86. The number of carbonyl (C=O) groups excluding carboxylic acids is 1. The third-order valence-electron chi connectivity index (χ3n) is 2.39. The molecule has 8 heteroatoms. The van der Waals surface area contributed by atoms with Crippen molar-refractivity contribution in [3.05, 3.63) is 39.7 Å². The number of hydrogen-bond acceptors (Lipinski definition) is 4. The number of hydrogen-bond donors (Lipinski definition) is 1. The van der Waals surface area contributed by atoms with E-state index in [2.05, 4.69) is 0 Å². The number of nitrogens with zero attached hydrogens (tertiary/aromatic N) is 2. The Kier molecular flexibility index (Phi) is 4.51. The van der Waals surface area contributed by atoms with E-state index in [0.29, 0.717) is 6.07 Å². The number of nitro benzene ring substituents is 1. The molecule has 0 unspecified atom stereocenters. The molecule has 0 aliphatic rings. The summed E-state index contributed by atoms with van der Waals surface area (Å²) in [7, 11) is 0. The van der Waals surface area contributed by atoms with Crippen molar-refractivity contribution in [1.82, 2.24) is 4.90 Å². The minimum absolute atomic E-state index is 0.0849. The summed E-state index contributed by atoms with van der Waals surface area (Å²) in [6, 6.07) is 2.59. The summed E-state index contributed by atoms with van der Waals surface area (Å²) in [6.07, 6.45) is 0. The zero-order chi connectivity index (χ0) is 14.6. The summed E-state index contributed by atoms with van der Waals surface area (Å²) >= 11 is 0. The van der Waals surface area contributed by atoms with Crippen molar-refractivity contribution >= 4 is 17.6 Å². The van der Waals surface area contributed by atoms with Gasteiger partial charge in [0.05, 0.1) is 16.6 Å². The summed E-state index contributed by atoms with van der Waals surface area (Å²) in [5.41, 5.74) is -0.871. The third kappa shape index (κ3) is 3.47. The maximum Gasteiger partial charge on any atom is 0.323 e. The number of aliphatic carboxylic acids is 1. The summed E-state index contributed by atoms with van der Waals surface area (Å²) in [6.45, 7) is 1.07. The Hall–Kier alpha value is -2.51. The van der Waals surface area contributed by atoms with Crippen molar-refractivity contribution < 1.29 is 24.0 Å². The smallest absolute Gasteiger partial charge is 0.323 e. The number of rotatable bonds is 5. The molecule has 1 N–H and O–H groups in total. The average Bonchev–Trinajstić information content (AvgIpc) is 2.34. The topological polar surface area (TPSA) is 101 Å². The van der Waals surface area contributed by atoms with E-state index in [4.69, 9.17) is 5.11 Å². The Morgan fingerprint density at radius 1 is 1.47 bits per heavy atom. The maximum atomic E-state index is 13.6. The predicted molar refractivity (Wildman–Crippen MR) is 62.3 cm³/mol. The second kappa shape index (κ2) is 5.89. The Morgan fingerprint density at radius 2 is 2.11 bits per heavy atom. The molecule has 0 heterocycles. The number of carboxylic acid groups (broad SMARTS) is 1. The van der Waals surface area contributed by atoms with Gasteiger partial charge >= 0.3 is 5.97 Å². The van der Waals surface area contributed by atoms with Crippen LogP contribution in [-0.2, 0) is 4.79 Å². The van der Waals surface area contributed by atoms with E-state index >= 15 is 0 Å². The van der Waals surface area contributed by atoms with Crippen LogP contribution >= 0.6 is 0 Å². The van der Waals surface area contributed by atoms with Crippen molar-refractivity contribution in [3.63, 3.8) is 0 Å². The van der Waals surface area contributed by atoms with E-state index in [1.54, 1.807) is 6.92 Å². The summed E-state index contributed by atoms with van der Waals surface area (Å²) in [4.78, 5) is 33.0. The van der Waals surface area contributed by atoms with Gasteiger partial charge in [-0.15, -0.1) is 0 Å². The standard InChI is InChI=1S/C11H11FN2O5/c1-2-13(6-10(15)16)11(17)8-4-3-7(14(18)19)5-9(8)12/h3-5H,2,6H2,1H3,(H,15,16). The molecule has 0 aliphatic carbocycles. The van der Waals surface area contributed by atoms with Crippen molar-refractivity contribution in [3.8, 4) is 0 Å². The SMILES string of the molecule is CCN(CC(=O)O)C(=O)c1ccc([N+](=O)[O-])cc1F. The van der Waals surface area contributed by atoms with Crippen LogP contribution in [0.2, 0.25) is 0 Å². The van der Waals surface area contributed by atoms with E-state index in [1.807, 2.05) is 0 Å². The van der Waals surface area contributed by atoms with Gasteiger partial charge in [-0.05, 0) is 13.0 Å². The van der Waals surface area contributed by atoms with Gasteiger partial charge in [0.2, 0.25) is 0 Å². The van der Waals surface area contributed by atoms with Crippen LogP contribution in [0, 0.1) is 15.9 Å². The number of non-ortho nitro benzene ring substituents is 1. The second-order valence-electron chi connectivity index (χ2n) is 3.63. The molecule has 7 nitrogen and oxygen atoms in total. The van der Waals surface area contributed by atoms with Crippen LogP contribution in [0.3, 0.4) is 0 Å². The number of likely N-dealkylation sites (N-methyl/N-ethyl adjacent to an activating group) is 1. The van der Waals surface area contributed by atoms with Crippen LogP contribution in [0.15, 0.2) is 18.2 Å². The molecular formula is C11H11FN2O5. The van der Waals surface area contributed by atoms with E-state index in [9.17, 15) is 24.1 Å². The highest BCUT2D eigenvalue weighted by atomic mass is 19.1. The molecular weight excluding hydrogens is 259 g/mol. The zero-order valence-corrected chi connectivity index (χ0v) is 10.00. The Labute approximate surface area is 107 Å². The summed E-state index contributed by atoms with van der Waals surface area (Å²) in [5.74, 6) is -3.10. The minimum Gasteiger partial charge on any atom is -0.480 e. The lowest BCUT2D eigenvalue weighted by Crippen LogP contribution is -2.35. The molecule has 0 aliphatic heterocycles. The Balaban J connectivity index is 3.05. The lowest BCUT2D eigenvalue weighted by molar-refractivity contribution is -0.385. The van der Waals surface area contributed by atoms with Crippen molar-refractivity contribution in [2.45, 2.75) is 6.92 Å². The lowest BCUT2D eigenvalue weighted by atomic mass is 10.1. The van der Waals surface area contributed by atoms with Gasteiger partial charge in [0.25, 0.3) is 11.6 Å². The van der Waals surface area contributed by atoms with Crippen molar-refractivity contribution in [1.29, 1.82) is 0 Å². The molecule has 0 bridgehead atoms. The van der Waals surface area contributed by atoms with Crippen LogP contribution in [0.4, 0.5) is 10.1 Å². The largest absolute Gasteiger partial charge is 0.480 e. The van der Waals surface area contributed by atoms with E-state index in [1.165, 1.54) is 0 Å². The number of amides is 1. The van der Waals surface area contributed by atoms with Gasteiger partial charge in [-0.1, -0.05) is 0 Å². The highest BCUT2D eigenvalue weighted by Crippen LogP contribution is 2.18. The summed E-state index contributed by atoms with van der Waals surface area (Å²) < 4.78 is 13.6. The van der Waals surface area contributed by atoms with Gasteiger partial charge < -0.3 is 10.0 Å². The van der Waals surface area contributed by atoms with Gasteiger partial charge in [-0.25, -0.2) is 4.39 Å². The van der Waals surface area contributed by atoms with Crippen LogP contribution in [0.25, 0.3) is 0 Å². The van der Waals surface area contributed by atoms with Gasteiger partial charge in [0, 0.05) is 12.6 Å². The fourth-order valence-electron chi connectivity index (χ4n) is 1.45. The third-order valence-corrected chi connectivity index (χ3v) is 2.39. The van der Waals surface area contributed by atoms with Gasteiger partial charge in [0.15, 0.2) is 0 Å². The monoisotopic (exact) mass is 270 g/mol. The molecule has 0 atom stereocenters. The number of carbonyl (C=O) groups is 2. The predicted octanol–water partition coefficient (Wildman–Crippen LogP) is 1.28. The molecule has 0 saturated heterocycles. The lowest BCUT2D eigenvalue weighted by Gasteiger charge is -2.18. The van der Waals surface area contributed by atoms with Crippen LogP contribution in [0.1, 0.15) is 17.3 Å². The second-order valence-corrected chi connectivity index (χ2v) is 3.63. The molecule has 1 aromatic carbocycles. The molecule has 0 aromatic heterocycles. The highest BCUT2D eigenvalue weighted by molar-refractivity contribution is 5.96. The normalized spacial score (nSPS) is 10.0. The molecule has 1 amide bonds. The molecule has 0 fully saturated rings. The van der Waals surface area contributed by atoms with Gasteiger partial charge in [-0.3, -0.25) is 19.7 Å². The maximum absolute atomic E-state index is 13.6. The molecule has 0 radical (unpaired) electrons. The molecule has 0 saturated carbocycles. The number of carboxylic acids is 1. The molecule has 1 aromatic rings. The number of nitro groups is 1. The first-order valence-electron chi connectivity index (χ1n) is 5.31. The Morgan fingerprint density at radius 3 is 2.53 bits per heavy atom. The fraction of sp³-hybridized carbons (Fsp3) is 0.273. The Bertz CT molecular complexity index is 532. The van der Waals surface area contributed by atoms with Crippen LogP contribution in [-0.4, -0.2) is 39.9 Å². The van der Waals surface area contributed by atoms with E-state index in [0.717, 1.165) is 17.0 Å². The molecule has 1 rings (SSSR count). The fourth-order valence-corrected chi connectivity index (χ4v) is 1.45. The van der Waals surface area contributed by atoms with Crippen molar-refractivity contribution in [2.24, 2.45) is 0 Å². The highest BCUT2D eigenvalue weighted by Gasteiger charge is 2.21. The van der Waals surface area contributed by atoms with Crippen LogP contribution < -0.4 is 0 Å². The number of benzene rings is 1. The molecule has 102 valence electrons. The molecule has 0 spiro atoms. The minimum atomic E-state index is -1.22.